The number of benzene rings is 2. The topological polar surface area (TPSA) is 76.7 Å². The minimum atomic E-state index is -0.568. The molecule has 0 spiro atoms. The molecule has 2 amide bonds. The lowest BCUT2D eigenvalue weighted by molar-refractivity contribution is -0.142. The standard InChI is InChI=1S/C21H22N2O4/c1-13-18(20(24)27-12-15-8-5-11-26-15)19(23-21(25)22-13)17-10-4-7-14-6-2-3-9-16(14)17/h2-4,6-7,9-10,15,19H,5,8,11-12H2,1H3,(H2,22,23,25)/t15-,19+/m0/s1. The van der Waals surface area contributed by atoms with Crippen molar-refractivity contribution in [2.45, 2.75) is 31.9 Å². The fourth-order valence-corrected chi connectivity index (χ4v) is 3.72. The number of nitrogens with one attached hydrogen (secondary N) is 2. The third-order valence-corrected chi connectivity index (χ3v) is 5.05. The Morgan fingerprint density at radius 2 is 2.04 bits per heavy atom. The first-order valence-corrected chi connectivity index (χ1v) is 9.18. The van der Waals surface area contributed by atoms with Crippen LogP contribution >= 0.6 is 0 Å². The van der Waals surface area contributed by atoms with Gasteiger partial charge in [0, 0.05) is 12.3 Å². The number of fused-ring (bicyclic) bond motifs is 1. The molecule has 0 unspecified atom stereocenters. The minimum Gasteiger partial charge on any atom is -0.459 e. The van der Waals surface area contributed by atoms with Crippen molar-refractivity contribution < 1.29 is 19.1 Å². The van der Waals surface area contributed by atoms with Crippen LogP contribution in [0, 0.1) is 0 Å². The lowest BCUT2D eigenvalue weighted by Crippen LogP contribution is -2.45. The first-order valence-electron chi connectivity index (χ1n) is 9.18. The molecule has 0 bridgehead atoms. The summed E-state index contributed by atoms with van der Waals surface area (Å²) in [6.45, 7) is 2.66. The fourth-order valence-electron chi connectivity index (χ4n) is 3.72. The molecular formula is C21H22N2O4. The number of urea groups is 1. The Labute approximate surface area is 157 Å². The van der Waals surface area contributed by atoms with Gasteiger partial charge >= 0.3 is 12.0 Å². The van der Waals surface area contributed by atoms with Gasteiger partial charge in [0.2, 0.25) is 0 Å². The van der Waals surface area contributed by atoms with E-state index in [1.165, 1.54) is 0 Å². The molecule has 0 aromatic heterocycles. The highest BCUT2D eigenvalue weighted by molar-refractivity contribution is 5.97. The van der Waals surface area contributed by atoms with Crippen LogP contribution in [-0.4, -0.2) is 31.3 Å². The van der Waals surface area contributed by atoms with Crippen LogP contribution < -0.4 is 10.6 Å². The summed E-state index contributed by atoms with van der Waals surface area (Å²) in [6.07, 6.45) is 1.84. The molecule has 0 aliphatic carbocycles. The van der Waals surface area contributed by atoms with E-state index in [-0.39, 0.29) is 18.7 Å². The van der Waals surface area contributed by atoms with Gasteiger partial charge in [0.25, 0.3) is 0 Å². The van der Waals surface area contributed by atoms with Crippen LogP contribution in [0.2, 0.25) is 0 Å². The molecule has 0 saturated carbocycles. The molecule has 2 aromatic carbocycles. The summed E-state index contributed by atoms with van der Waals surface area (Å²) in [5.74, 6) is -0.437. The summed E-state index contributed by atoms with van der Waals surface area (Å²) in [6, 6.07) is 12.9. The summed E-state index contributed by atoms with van der Waals surface area (Å²) in [5.41, 5.74) is 1.80. The monoisotopic (exact) mass is 366 g/mol. The van der Waals surface area contributed by atoms with Gasteiger partial charge in [-0.1, -0.05) is 42.5 Å². The minimum absolute atomic E-state index is 0.0444. The highest BCUT2D eigenvalue weighted by Gasteiger charge is 2.33. The number of ether oxygens (including phenoxy) is 2. The van der Waals surface area contributed by atoms with Gasteiger partial charge in [-0.2, -0.15) is 0 Å². The second kappa shape index (κ2) is 7.40. The molecule has 2 aromatic rings. The number of carbonyl (C=O) groups excluding carboxylic acids is 2. The van der Waals surface area contributed by atoms with Crippen LogP contribution in [-0.2, 0) is 14.3 Å². The molecule has 1 fully saturated rings. The van der Waals surface area contributed by atoms with E-state index in [1.807, 2.05) is 42.5 Å². The van der Waals surface area contributed by atoms with Crippen LogP contribution in [0.5, 0.6) is 0 Å². The fraction of sp³-hybridized carbons (Fsp3) is 0.333. The van der Waals surface area contributed by atoms with Gasteiger partial charge in [-0.05, 0) is 36.1 Å². The zero-order valence-corrected chi connectivity index (χ0v) is 15.2. The van der Waals surface area contributed by atoms with Gasteiger partial charge in [0.05, 0.1) is 17.7 Å². The highest BCUT2D eigenvalue weighted by atomic mass is 16.6. The zero-order chi connectivity index (χ0) is 18.8. The third-order valence-electron chi connectivity index (χ3n) is 5.05. The second-order valence-corrected chi connectivity index (χ2v) is 6.87. The average Bonchev–Trinajstić information content (AvgIpc) is 3.18. The van der Waals surface area contributed by atoms with Gasteiger partial charge in [0.1, 0.15) is 6.61 Å². The summed E-state index contributed by atoms with van der Waals surface area (Å²) in [7, 11) is 0. The van der Waals surface area contributed by atoms with E-state index in [0.717, 1.165) is 29.2 Å². The van der Waals surface area contributed by atoms with Crippen molar-refractivity contribution in [2.24, 2.45) is 0 Å². The zero-order valence-electron chi connectivity index (χ0n) is 15.2. The lowest BCUT2D eigenvalue weighted by Gasteiger charge is -2.29. The normalized spacial score (nSPS) is 22.5. The van der Waals surface area contributed by atoms with Crippen molar-refractivity contribution in [1.82, 2.24) is 10.6 Å². The van der Waals surface area contributed by atoms with E-state index in [9.17, 15) is 9.59 Å². The summed E-state index contributed by atoms with van der Waals surface area (Å²) >= 11 is 0. The molecule has 2 aliphatic rings. The quantitative estimate of drug-likeness (QED) is 0.815. The van der Waals surface area contributed by atoms with Crippen molar-refractivity contribution in [1.29, 1.82) is 0 Å². The number of allylic oxidation sites excluding steroid dienone is 1. The van der Waals surface area contributed by atoms with Gasteiger partial charge < -0.3 is 20.1 Å². The number of carbonyl (C=O) groups is 2. The molecule has 0 radical (unpaired) electrons. The van der Waals surface area contributed by atoms with E-state index in [4.69, 9.17) is 9.47 Å². The SMILES string of the molecule is CC1=C(C(=O)OC[C@@H]2CCCO2)[C@@H](c2cccc3ccccc23)NC(=O)N1. The average molecular weight is 366 g/mol. The molecule has 6 heteroatoms. The van der Waals surface area contributed by atoms with Gasteiger partial charge in [-0.15, -0.1) is 0 Å². The van der Waals surface area contributed by atoms with Crippen LogP contribution in [0.3, 0.4) is 0 Å². The molecule has 6 nitrogen and oxygen atoms in total. The van der Waals surface area contributed by atoms with E-state index >= 15 is 0 Å². The second-order valence-electron chi connectivity index (χ2n) is 6.87. The Hall–Kier alpha value is -2.86. The van der Waals surface area contributed by atoms with Gasteiger partial charge in [0.15, 0.2) is 0 Å². The van der Waals surface area contributed by atoms with E-state index in [1.54, 1.807) is 6.92 Å². The van der Waals surface area contributed by atoms with Crippen LogP contribution in [0.15, 0.2) is 53.7 Å². The molecule has 2 N–H and O–H groups in total. The molecule has 2 aliphatic heterocycles. The van der Waals surface area contributed by atoms with Gasteiger partial charge in [-0.3, -0.25) is 0 Å². The Balaban J connectivity index is 1.67. The van der Waals surface area contributed by atoms with Crippen LogP contribution in [0.25, 0.3) is 10.8 Å². The Kier molecular flexibility index (Phi) is 4.81. The Morgan fingerprint density at radius 1 is 1.22 bits per heavy atom. The van der Waals surface area contributed by atoms with Crippen molar-refractivity contribution in [3.8, 4) is 0 Å². The van der Waals surface area contributed by atoms with Crippen molar-refractivity contribution >= 4 is 22.8 Å². The van der Waals surface area contributed by atoms with E-state index in [0.29, 0.717) is 17.9 Å². The first-order chi connectivity index (χ1) is 13.1. The van der Waals surface area contributed by atoms with Crippen molar-refractivity contribution in [3.05, 3.63) is 59.3 Å². The van der Waals surface area contributed by atoms with E-state index in [2.05, 4.69) is 10.6 Å². The van der Waals surface area contributed by atoms with Crippen LogP contribution in [0.4, 0.5) is 4.79 Å². The Bertz CT molecular complexity index is 910. The predicted molar refractivity (Wildman–Crippen MR) is 101 cm³/mol. The molecule has 140 valence electrons. The largest absolute Gasteiger partial charge is 0.459 e. The molecular weight excluding hydrogens is 344 g/mol. The maximum absolute atomic E-state index is 12.9. The van der Waals surface area contributed by atoms with Crippen molar-refractivity contribution in [2.75, 3.05) is 13.2 Å². The summed E-state index contributed by atoms with van der Waals surface area (Å²) in [5, 5.41) is 7.60. The molecule has 4 rings (SSSR count). The first kappa shape index (κ1) is 17.5. The molecule has 1 saturated heterocycles. The van der Waals surface area contributed by atoms with Gasteiger partial charge in [-0.25, -0.2) is 9.59 Å². The van der Waals surface area contributed by atoms with Crippen molar-refractivity contribution in [3.63, 3.8) is 0 Å². The number of rotatable bonds is 4. The third kappa shape index (κ3) is 3.53. The maximum atomic E-state index is 12.9. The van der Waals surface area contributed by atoms with E-state index < -0.39 is 12.0 Å². The highest BCUT2D eigenvalue weighted by Crippen LogP contribution is 2.32. The summed E-state index contributed by atoms with van der Waals surface area (Å²) < 4.78 is 11.0. The number of esters is 1. The smallest absolute Gasteiger partial charge is 0.338 e. The summed E-state index contributed by atoms with van der Waals surface area (Å²) in [4.78, 5) is 25.0. The number of hydrogen-bond acceptors (Lipinski definition) is 4. The van der Waals surface area contributed by atoms with Crippen LogP contribution in [0.1, 0.15) is 31.4 Å². The number of amides is 2. The molecule has 2 heterocycles. The predicted octanol–water partition coefficient (Wildman–Crippen LogP) is 3.19. The number of hydrogen-bond donors (Lipinski definition) is 2. The molecule has 27 heavy (non-hydrogen) atoms. The molecule has 2 atom stereocenters. The maximum Gasteiger partial charge on any atom is 0.338 e. The lowest BCUT2D eigenvalue weighted by atomic mass is 9.91. The Morgan fingerprint density at radius 3 is 2.85 bits per heavy atom.